The van der Waals surface area contributed by atoms with Gasteiger partial charge in [0.05, 0.1) is 17.8 Å². The number of urea groups is 1. The second kappa shape index (κ2) is 6.22. The zero-order valence-corrected chi connectivity index (χ0v) is 13.9. The molecule has 6 heteroatoms. The molecule has 3 N–H and O–H groups in total. The molecule has 0 unspecified atom stereocenters. The molecular formula is C19H20N4O2. The largest absolute Gasteiger partial charge is 0.391 e. The quantitative estimate of drug-likeness (QED) is 0.673. The van der Waals surface area contributed by atoms with Crippen LogP contribution in [-0.2, 0) is 6.42 Å². The fourth-order valence-electron chi connectivity index (χ4n) is 3.41. The lowest BCUT2D eigenvalue weighted by molar-refractivity contribution is 0.115. The summed E-state index contributed by atoms with van der Waals surface area (Å²) in [6.07, 6.45) is 4.66. The van der Waals surface area contributed by atoms with Crippen LogP contribution in [0.25, 0.3) is 5.65 Å². The average molecular weight is 336 g/mol. The first-order valence-corrected chi connectivity index (χ1v) is 8.39. The number of carbonyl (C=O) groups excluding carboxylic acids is 1. The standard InChI is InChI=1S/C19H20N4O2/c1-12-11-23-9-8-14(10-17(23)20-12)21-19(25)22-18-15-5-3-2-4-13(15)6-7-16(18)24/h2-5,8-11,16,18,24H,6-7H2,1H3,(H2,21,22,25)/t16-,18+/m1/s1. The van der Waals surface area contributed by atoms with E-state index in [4.69, 9.17) is 0 Å². The van der Waals surface area contributed by atoms with Crippen molar-refractivity contribution in [3.8, 4) is 0 Å². The molecule has 0 aliphatic heterocycles. The van der Waals surface area contributed by atoms with Crippen molar-refractivity contribution in [2.24, 2.45) is 0 Å². The molecule has 1 aliphatic rings. The van der Waals surface area contributed by atoms with Crippen molar-refractivity contribution in [1.82, 2.24) is 14.7 Å². The minimum Gasteiger partial charge on any atom is -0.391 e. The lowest BCUT2D eigenvalue weighted by Crippen LogP contribution is -2.41. The number of aliphatic hydroxyl groups excluding tert-OH is 1. The van der Waals surface area contributed by atoms with Gasteiger partial charge in [0.15, 0.2) is 0 Å². The molecule has 0 bridgehead atoms. The highest BCUT2D eigenvalue weighted by Crippen LogP contribution is 2.30. The molecule has 2 aromatic heterocycles. The Labute approximate surface area is 145 Å². The second-order valence-electron chi connectivity index (χ2n) is 6.44. The summed E-state index contributed by atoms with van der Waals surface area (Å²) in [4.78, 5) is 16.8. The number of aryl methyl sites for hydroxylation is 2. The minimum absolute atomic E-state index is 0.339. The monoisotopic (exact) mass is 336 g/mol. The number of aromatic nitrogens is 2. The highest BCUT2D eigenvalue weighted by Gasteiger charge is 2.29. The van der Waals surface area contributed by atoms with Crippen LogP contribution in [0, 0.1) is 6.92 Å². The van der Waals surface area contributed by atoms with Crippen LogP contribution in [0.5, 0.6) is 0 Å². The smallest absolute Gasteiger partial charge is 0.319 e. The number of carbonyl (C=O) groups is 1. The lowest BCUT2D eigenvalue weighted by atomic mass is 9.86. The van der Waals surface area contributed by atoms with Crippen molar-refractivity contribution >= 4 is 17.4 Å². The first kappa shape index (κ1) is 15.7. The van der Waals surface area contributed by atoms with Gasteiger partial charge in [-0.05, 0) is 37.0 Å². The predicted octanol–water partition coefficient (Wildman–Crippen LogP) is 2.81. The van der Waals surface area contributed by atoms with E-state index < -0.39 is 12.1 Å². The predicted molar refractivity (Wildman–Crippen MR) is 95.6 cm³/mol. The van der Waals surface area contributed by atoms with E-state index in [2.05, 4.69) is 15.6 Å². The molecule has 0 radical (unpaired) electrons. The van der Waals surface area contributed by atoms with E-state index in [0.717, 1.165) is 23.3 Å². The molecule has 6 nitrogen and oxygen atoms in total. The van der Waals surface area contributed by atoms with Crippen LogP contribution in [0.2, 0.25) is 0 Å². The number of hydrogen-bond acceptors (Lipinski definition) is 3. The van der Waals surface area contributed by atoms with Crippen LogP contribution < -0.4 is 10.6 Å². The van der Waals surface area contributed by atoms with Gasteiger partial charge in [0.2, 0.25) is 0 Å². The zero-order valence-electron chi connectivity index (χ0n) is 13.9. The Bertz CT molecular complexity index is 934. The maximum atomic E-state index is 12.4. The molecule has 0 saturated heterocycles. The molecule has 128 valence electrons. The third-order valence-corrected chi connectivity index (χ3v) is 4.61. The molecule has 3 aromatic rings. The minimum atomic E-state index is -0.585. The molecule has 4 rings (SSSR count). The topological polar surface area (TPSA) is 78.7 Å². The Balaban J connectivity index is 1.51. The van der Waals surface area contributed by atoms with E-state index in [1.54, 1.807) is 0 Å². The molecule has 2 atom stereocenters. The van der Waals surface area contributed by atoms with Crippen LogP contribution in [0.3, 0.4) is 0 Å². The summed E-state index contributed by atoms with van der Waals surface area (Å²) < 4.78 is 1.90. The van der Waals surface area contributed by atoms with Crippen molar-refractivity contribution in [2.75, 3.05) is 5.32 Å². The van der Waals surface area contributed by atoms with Gasteiger partial charge in [0, 0.05) is 24.1 Å². The van der Waals surface area contributed by atoms with Gasteiger partial charge < -0.3 is 20.1 Å². The normalized spacial score (nSPS) is 19.4. The highest BCUT2D eigenvalue weighted by molar-refractivity contribution is 5.90. The maximum Gasteiger partial charge on any atom is 0.319 e. The van der Waals surface area contributed by atoms with Crippen LogP contribution in [0.4, 0.5) is 10.5 Å². The summed E-state index contributed by atoms with van der Waals surface area (Å²) in [6.45, 7) is 1.93. The van der Waals surface area contributed by atoms with Crippen LogP contribution in [0.1, 0.15) is 29.3 Å². The Morgan fingerprint density at radius 2 is 2.16 bits per heavy atom. The summed E-state index contributed by atoms with van der Waals surface area (Å²) in [7, 11) is 0. The highest BCUT2D eigenvalue weighted by atomic mass is 16.3. The van der Waals surface area contributed by atoms with E-state index in [1.165, 1.54) is 5.56 Å². The van der Waals surface area contributed by atoms with E-state index in [0.29, 0.717) is 12.1 Å². The SMILES string of the molecule is Cc1cn2ccc(NC(=O)N[C@H]3c4ccccc4CC[C@H]3O)cc2n1. The molecule has 2 amide bonds. The van der Waals surface area contributed by atoms with E-state index >= 15 is 0 Å². The third-order valence-electron chi connectivity index (χ3n) is 4.61. The van der Waals surface area contributed by atoms with Crippen molar-refractivity contribution in [3.63, 3.8) is 0 Å². The Hall–Kier alpha value is -2.86. The number of nitrogens with one attached hydrogen (secondary N) is 2. The van der Waals surface area contributed by atoms with Crippen LogP contribution >= 0.6 is 0 Å². The van der Waals surface area contributed by atoms with Crippen LogP contribution in [0.15, 0.2) is 48.8 Å². The molecule has 1 aliphatic carbocycles. The lowest BCUT2D eigenvalue weighted by Gasteiger charge is -2.31. The first-order chi connectivity index (χ1) is 12.1. The van der Waals surface area contributed by atoms with Gasteiger partial charge in [0.1, 0.15) is 5.65 Å². The average Bonchev–Trinajstić information content (AvgIpc) is 2.97. The Morgan fingerprint density at radius 3 is 3.04 bits per heavy atom. The Morgan fingerprint density at radius 1 is 1.32 bits per heavy atom. The van der Waals surface area contributed by atoms with E-state index in [1.807, 2.05) is 60.1 Å². The van der Waals surface area contributed by atoms with Gasteiger partial charge in [-0.1, -0.05) is 24.3 Å². The molecule has 1 aromatic carbocycles. The van der Waals surface area contributed by atoms with E-state index in [9.17, 15) is 9.90 Å². The van der Waals surface area contributed by atoms with Gasteiger partial charge in [-0.15, -0.1) is 0 Å². The maximum absolute atomic E-state index is 12.4. The van der Waals surface area contributed by atoms with Gasteiger partial charge in [0.25, 0.3) is 0 Å². The third kappa shape index (κ3) is 3.08. The first-order valence-electron chi connectivity index (χ1n) is 8.39. The number of anilines is 1. The summed E-state index contributed by atoms with van der Waals surface area (Å²) in [5.74, 6) is 0. The van der Waals surface area contributed by atoms with Crippen LogP contribution in [-0.4, -0.2) is 26.6 Å². The summed E-state index contributed by atoms with van der Waals surface area (Å²) in [6, 6.07) is 10.8. The number of amides is 2. The molecule has 25 heavy (non-hydrogen) atoms. The number of pyridine rings is 1. The van der Waals surface area contributed by atoms with Gasteiger partial charge in [-0.2, -0.15) is 0 Å². The number of imidazole rings is 1. The molecule has 0 spiro atoms. The van der Waals surface area contributed by atoms with Crippen molar-refractivity contribution in [1.29, 1.82) is 0 Å². The molecule has 2 heterocycles. The number of fused-ring (bicyclic) bond motifs is 2. The summed E-state index contributed by atoms with van der Waals surface area (Å²) in [5, 5.41) is 16.0. The fourth-order valence-corrected chi connectivity index (χ4v) is 3.41. The van der Waals surface area contributed by atoms with E-state index in [-0.39, 0.29) is 6.03 Å². The van der Waals surface area contributed by atoms with Crippen molar-refractivity contribution < 1.29 is 9.90 Å². The molecule has 0 fully saturated rings. The molecule has 0 saturated carbocycles. The number of rotatable bonds is 2. The van der Waals surface area contributed by atoms with Gasteiger partial charge in [-0.25, -0.2) is 9.78 Å². The number of nitrogens with zero attached hydrogens (tertiary/aromatic N) is 2. The second-order valence-corrected chi connectivity index (χ2v) is 6.44. The Kier molecular flexibility index (Phi) is 3.89. The van der Waals surface area contributed by atoms with Gasteiger partial charge in [-0.3, -0.25) is 0 Å². The number of benzene rings is 1. The van der Waals surface area contributed by atoms with Gasteiger partial charge >= 0.3 is 6.03 Å². The number of aliphatic hydroxyl groups is 1. The summed E-state index contributed by atoms with van der Waals surface area (Å²) >= 11 is 0. The van der Waals surface area contributed by atoms with Crippen molar-refractivity contribution in [2.45, 2.75) is 31.9 Å². The van der Waals surface area contributed by atoms with Crippen molar-refractivity contribution in [3.05, 3.63) is 65.6 Å². The number of hydrogen-bond donors (Lipinski definition) is 3. The fraction of sp³-hybridized carbons (Fsp3) is 0.263. The zero-order chi connectivity index (χ0) is 17.4. The molecular weight excluding hydrogens is 316 g/mol. The summed E-state index contributed by atoms with van der Waals surface area (Å²) in [5.41, 5.74) is 4.51.